The molecule has 0 bridgehead atoms. The Bertz CT molecular complexity index is 333. The highest BCUT2D eigenvalue weighted by atomic mass is 31.2. The van der Waals surface area contributed by atoms with Crippen LogP contribution in [0.1, 0.15) is 32.1 Å². The van der Waals surface area contributed by atoms with Gasteiger partial charge in [0.1, 0.15) is 6.61 Å². The topological polar surface area (TPSA) is 44.8 Å². The van der Waals surface area contributed by atoms with Crippen LogP contribution in [0.25, 0.3) is 0 Å². The fraction of sp³-hybridized carbons (Fsp3) is 1.00. The summed E-state index contributed by atoms with van der Waals surface area (Å²) in [7, 11) is -4.38. The van der Waals surface area contributed by atoms with E-state index in [0.717, 1.165) is 19.3 Å². The second-order valence-corrected chi connectivity index (χ2v) is 6.03. The summed E-state index contributed by atoms with van der Waals surface area (Å²) in [6.45, 7) is -2.24. The molecule has 0 unspecified atom stereocenters. The van der Waals surface area contributed by atoms with E-state index in [1.807, 2.05) is 0 Å². The molecule has 120 valence electrons. The van der Waals surface area contributed by atoms with Gasteiger partial charge in [0.05, 0.1) is 13.2 Å². The van der Waals surface area contributed by atoms with Crippen molar-refractivity contribution in [2.24, 2.45) is 0 Å². The molecule has 0 aromatic rings. The van der Waals surface area contributed by atoms with Crippen molar-refractivity contribution in [3.63, 3.8) is 0 Å². The molecule has 0 saturated carbocycles. The Morgan fingerprint density at radius 1 is 0.900 bits per heavy atom. The summed E-state index contributed by atoms with van der Waals surface area (Å²) in [5.74, 6) is -5.10. The minimum atomic E-state index is -5.77. The standard InChI is InChI=1S/C10H16F5O4P/c11-9(12,10(13,14)15)8-19-20(16)17-6-4-2-1-3-5-7-18-20/h1-8H2. The van der Waals surface area contributed by atoms with Crippen LogP contribution in [-0.2, 0) is 18.1 Å². The first-order valence-electron chi connectivity index (χ1n) is 6.14. The Labute approximate surface area is 113 Å². The molecule has 1 rings (SSSR count). The molecule has 0 aromatic heterocycles. The number of phosphoric ester groups is 1. The van der Waals surface area contributed by atoms with Crippen LogP contribution in [0.15, 0.2) is 0 Å². The van der Waals surface area contributed by atoms with Gasteiger partial charge in [-0.15, -0.1) is 0 Å². The van der Waals surface area contributed by atoms with Gasteiger partial charge in [0.25, 0.3) is 0 Å². The second kappa shape index (κ2) is 7.15. The summed E-state index contributed by atoms with van der Waals surface area (Å²) < 4.78 is 86.8. The second-order valence-electron chi connectivity index (χ2n) is 4.36. The molecule has 1 aliphatic rings. The first-order chi connectivity index (χ1) is 9.16. The van der Waals surface area contributed by atoms with Gasteiger partial charge in [-0.2, -0.15) is 22.0 Å². The first-order valence-corrected chi connectivity index (χ1v) is 7.61. The molecule has 0 aliphatic carbocycles. The Morgan fingerprint density at radius 2 is 1.35 bits per heavy atom. The molecule has 0 spiro atoms. The third kappa shape index (κ3) is 5.63. The van der Waals surface area contributed by atoms with Gasteiger partial charge in [0, 0.05) is 0 Å². The van der Waals surface area contributed by atoms with Gasteiger partial charge in [0.15, 0.2) is 0 Å². The number of alkyl halides is 5. The zero-order valence-electron chi connectivity index (χ0n) is 10.6. The highest BCUT2D eigenvalue weighted by molar-refractivity contribution is 7.48. The van der Waals surface area contributed by atoms with Gasteiger partial charge in [-0.25, -0.2) is 4.57 Å². The molecule has 10 heteroatoms. The van der Waals surface area contributed by atoms with E-state index >= 15 is 0 Å². The molecule has 0 amide bonds. The van der Waals surface area contributed by atoms with Crippen molar-refractivity contribution in [2.45, 2.75) is 44.2 Å². The quantitative estimate of drug-likeness (QED) is 0.573. The van der Waals surface area contributed by atoms with Crippen LogP contribution in [0.5, 0.6) is 0 Å². The smallest absolute Gasteiger partial charge is 0.287 e. The van der Waals surface area contributed by atoms with Crippen LogP contribution in [-0.4, -0.2) is 31.9 Å². The van der Waals surface area contributed by atoms with Crippen LogP contribution in [0.3, 0.4) is 0 Å². The van der Waals surface area contributed by atoms with Crippen LogP contribution in [0.2, 0.25) is 0 Å². The fourth-order valence-corrected chi connectivity index (χ4v) is 2.69. The maximum atomic E-state index is 12.7. The van der Waals surface area contributed by atoms with E-state index < -0.39 is 26.5 Å². The van der Waals surface area contributed by atoms with Gasteiger partial charge in [-0.05, 0) is 12.8 Å². The zero-order valence-corrected chi connectivity index (χ0v) is 11.5. The molecule has 1 saturated heterocycles. The van der Waals surface area contributed by atoms with Crippen LogP contribution >= 0.6 is 7.82 Å². The summed E-state index contributed by atoms with van der Waals surface area (Å²) in [6.07, 6.45) is -2.26. The van der Waals surface area contributed by atoms with E-state index in [-0.39, 0.29) is 13.2 Å². The minimum Gasteiger partial charge on any atom is -0.287 e. The lowest BCUT2D eigenvalue weighted by molar-refractivity contribution is -0.291. The summed E-state index contributed by atoms with van der Waals surface area (Å²) >= 11 is 0. The molecule has 0 N–H and O–H groups in total. The SMILES string of the molecule is O=P1(OCC(F)(F)C(F)(F)F)OCCCCCCCO1. The lowest BCUT2D eigenvalue weighted by Gasteiger charge is -2.23. The molecule has 0 atom stereocenters. The van der Waals surface area contributed by atoms with E-state index in [0.29, 0.717) is 12.8 Å². The average Bonchev–Trinajstić information content (AvgIpc) is 2.34. The Balaban J connectivity index is 2.59. The third-order valence-electron chi connectivity index (χ3n) is 2.61. The number of hydrogen-bond donors (Lipinski definition) is 0. The number of halogens is 5. The van der Waals surface area contributed by atoms with E-state index in [9.17, 15) is 26.5 Å². The highest BCUT2D eigenvalue weighted by Gasteiger charge is 2.58. The maximum absolute atomic E-state index is 12.7. The molecule has 0 radical (unpaired) electrons. The van der Waals surface area contributed by atoms with Gasteiger partial charge in [-0.1, -0.05) is 19.3 Å². The Hall–Kier alpha value is -0.240. The van der Waals surface area contributed by atoms with Crippen LogP contribution in [0, 0.1) is 0 Å². The lowest BCUT2D eigenvalue weighted by atomic mass is 10.1. The maximum Gasteiger partial charge on any atom is 0.474 e. The van der Waals surface area contributed by atoms with Crippen molar-refractivity contribution in [3.8, 4) is 0 Å². The zero-order chi connectivity index (χ0) is 15.3. The molecule has 20 heavy (non-hydrogen) atoms. The molecule has 1 aliphatic heterocycles. The molecule has 1 fully saturated rings. The predicted octanol–water partition coefficient (Wildman–Crippen LogP) is 4.31. The average molecular weight is 326 g/mol. The van der Waals surface area contributed by atoms with Gasteiger partial charge in [0.2, 0.25) is 0 Å². The normalized spacial score (nSPS) is 22.4. The highest BCUT2D eigenvalue weighted by Crippen LogP contribution is 2.52. The molecule has 0 aromatic carbocycles. The van der Waals surface area contributed by atoms with Gasteiger partial charge >= 0.3 is 19.9 Å². The summed E-state index contributed by atoms with van der Waals surface area (Å²) in [4.78, 5) is 0. The number of rotatable bonds is 3. The third-order valence-corrected chi connectivity index (χ3v) is 4.05. The van der Waals surface area contributed by atoms with Gasteiger partial charge in [-0.3, -0.25) is 13.6 Å². The van der Waals surface area contributed by atoms with Crippen LogP contribution in [0.4, 0.5) is 22.0 Å². The fourth-order valence-electron chi connectivity index (χ4n) is 1.44. The summed E-state index contributed by atoms with van der Waals surface area (Å²) in [5.41, 5.74) is 0. The molecular formula is C10H16F5O4P. The van der Waals surface area contributed by atoms with Crippen molar-refractivity contribution < 1.29 is 40.1 Å². The van der Waals surface area contributed by atoms with Crippen molar-refractivity contribution in [1.29, 1.82) is 0 Å². The van der Waals surface area contributed by atoms with E-state index in [1.165, 1.54) is 0 Å². The first kappa shape index (κ1) is 17.8. The summed E-state index contributed by atoms with van der Waals surface area (Å²) in [6, 6.07) is 0. The lowest BCUT2D eigenvalue weighted by Crippen LogP contribution is -2.40. The van der Waals surface area contributed by atoms with Gasteiger partial charge < -0.3 is 0 Å². The van der Waals surface area contributed by atoms with Crippen molar-refractivity contribution in [1.82, 2.24) is 0 Å². The van der Waals surface area contributed by atoms with E-state index in [2.05, 4.69) is 4.52 Å². The largest absolute Gasteiger partial charge is 0.474 e. The number of hydrogen-bond acceptors (Lipinski definition) is 4. The van der Waals surface area contributed by atoms with Crippen molar-refractivity contribution in [2.75, 3.05) is 19.8 Å². The molecule has 1 heterocycles. The van der Waals surface area contributed by atoms with E-state index in [4.69, 9.17) is 9.05 Å². The monoisotopic (exact) mass is 326 g/mol. The Kier molecular flexibility index (Phi) is 6.37. The minimum absolute atomic E-state index is 0.0745. The molecular weight excluding hydrogens is 310 g/mol. The van der Waals surface area contributed by atoms with Crippen molar-refractivity contribution >= 4 is 7.82 Å². The van der Waals surface area contributed by atoms with E-state index in [1.54, 1.807) is 0 Å². The van der Waals surface area contributed by atoms with Crippen LogP contribution < -0.4 is 0 Å². The molecule has 4 nitrogen and oxygen atoms in total. The Morgan fingerprint density at radius 3 is 1.80 bits per heavy atom. The number of phosphoric acid groups is 1. The summed E-state index contributed by atoms with van der Waals surface area (Å²) in [5, 5.41) is 0. The predicted molar refractivity (Wildman–Crippen MR) is 59.5 cm³/mol. The van der Waals surface area contributed by atoms with Crippen molar-refractivity contribution in [3.05, 3.63) is 0 Å².